The van der Waals surface area contributed by atoms with E-state index in [1.165, 1.54) is 4.90 Å². The molecule has 7 heteroatoms. The van der Waals surface area contributed by atoms with Gasteiger partial charge in [0.15, 0.2) is 0 Å². The van der Waals surface area contributed by atoms with Crippen molar-refractivity contribution >= 4 is 46.1 Å². The Morgan fingerprint density at radius 1 is 1.21 bits per heavy atom. The number of rotatable bonds is 6. The molecule has 1 aromatic carbocycles. The van der Waals surface area contributed by atoms with Crippen LogP contribution in [0.15, 0.2) is 18.2 Å². The fourth-order valence-electron chi connectivity index (χ4n) is 1.91. The zero-order chi connectivity index (χ0) is 18.5. The first-order chi connectivity index (χ1) is 11.0. The number of esters is 1. The van der Waals surface area contributed by atoms with Crippen molar-refractivity contribution in [3.05, 3.63) is 32.4 Å². The second-order valence-electron chi connectivity index (χ2n) is 6.75. The van der Waals surface area contributed by atoms with Gasteiger partial charge in [-0.25, -0.2) is 0 Å². The number of hydrogen-bond donors (Lipinski definition) is 0. The Labute approximate surface area is 162 Å². The summed E-state index contributed by atoms with van der Waals surface area (Å²) in [5.74, 6) is -0.629. The Kier molecular flexibility index (Phi) is 7.95. The number of benzene rings is 1. The van der Waals surface area contributed by atoms with Gasteiger partial charge < -0.3 is 14.5 Å². The van der Waals surface area contributed by atoms with Crippen molar-refractivity contribution < 1.29 is 14.3 Å². The van der Waals surface area contributed by atoms with Crippen molar-refractivity contribution in [3.8, 4) is 0 Å². The first kappa shape index (κ1) is 21.2. The lowest BCUT2D eigenvalue weighted by molar-refractivity contribution is -0.155. The Hall–Kier alpha value is -0.860. The minimum atomic E-state index is -0.580. The number of ether oxygens (including phenoxy) is 1. The van der Waals surface area contributed by atoms with E-state index >= 15 is 0 Å². The van der Waals surface area contributed by atoms with Crippen LogP contribution in [0, 0.1) is 3.57 Å². The first-order valence-corrected chi connectivity index (χ1v) is 9.06. The van der Waals surface area contributed by atoms with Gasteiger partial charge in [-0.2, -0.15) is 0 Å². The number of halogens is 2. The molecule has 1 amide bonds. The summed E-state index contributed by atoms with van der Waals surface area (Å²) in [4.78, 5) is 28.4. The number of likely N-dealkylation sites (N-methyl/N-ethyl adjacent to an activating group) is 1. The van der Waals surface area contributed by atoms with Gasteiger partial charge in [-0.3, -0.25) is 9.59 Å². The van der Waals surface area contributed by atoms with Gasteiger partial charge in [0.25, 0.3) is 5.91 Å². The Bertz CT molecular complexity index is 600. The minimum absolute atomic E-state index is 0.0802. The van der Waals surface area contributed by atoms with Gasteiger partial charge in [0.1, 0.15) is 12.1 Å². The predicted octanol–water partition coefficient (Wildman–Crippen LogP) is 3.29. The number of amides is 1. The van der Waals surface area contributed by atoms with E-state index in [1.54, 1.807) is 39.0 Å². The molecule has 0 spiro atoms. The third kappa shape index (κ3) is 7.36. The fraction of sp³-hybridized carbons (Fsp3) is 0.529. The SMILES string of the molecule is CN(C)CCN(CC(=O)OC(C)(C)C)C(=O)c1ccc(Cl)c(I)c1. The van der Waals surface area contributed by atoms with Gasteiger partial charge in [-0.1, -0.05) is 11.6 Å². The van der Waals surface area contributed by atoms with Gasteiger partial charge in [0.2, 0.25) is 0 Å². The molecule has 24 heavy (non-hydrogen) atoms. The molecule has 0 bridgehead atoms. The lowest BCUT2D eigenvalue weighted by atomic mass is 10.2. The molecule has 1 rings (SSSR count). The van der Waals surface area contributed by atoms with Crippen LogP contribution in [-0.4, -0.2) is 61.0 Å². The second-order valence-corrected chi connectivity index (χ2v) is 8.31. The van der Waals surface area contributed by atoms with Crippen LogP contribution in [0.1, 0.15) is 31.1 Å². The van der Waals surface area contributed by atoms with E-state index in [0.29, 0.717) is 23.7 Å². The van der Waals surface area contributed by atoms with Crippen molar-refractivity contribution in [3.63, 3.8) is 0 Å². The summed E-state index contributed by atoms with van der Waals surface area (Å²) in [6.45, 7) is 6.42. The lowest BCUT2D eigenvalue weighted by Crippen LogP contribution is -2.42. The molecule has 0 aliphatic carbocycles. The van der Waals surface area contributed by atoms with Gasteiger partial charge in [-0.05, 0) is 75.7 Å². The van der Waals surface area contributed by atoms with Gasteiger partial charge >= 0.3 is 5.97 Å². The Morgan fingerprint density at radius 2 is 1.83 bits per heavy atom. The molecule has 0 aliphatic heterocycles. The van der Waals surface area contributed by atoms with E-state index in [2.05, 4.69) is 22.6 Å². The highest BCUT2D eigenvalue weighted by molar-refractivity contribution is 14.1. The van der Waals surface area contributed by atoms with Crippen molar-refractivity contribution in [2.24, 2.45) is 0 Å². The van der Waals surface area contributed by atoms with E-state index in [0.717, 1.165) is 3.57 Å². The third-order valence-corrected chi connectivity index (χ3v) is 4.55. The van der Waals surface area contributed by atoms with Crippen LogP contribution < -0.4 is 0 Å². The normalized spacial score (nSPS) is 11.5. The number of carbonyl (C=O) groups excluding carboxylic acids is 2. The molecule has 0 atom stereocenters. The van der Waals surface area contributed by atoms with Crippen LogP contribution in [-0.2, 0) is 9.53 Å². The van der Waals surface area contributed by atoms with Crippen LogP contribution in [0.2, 0.25) is 5.02 Å². The molecule has 0 aromatic heterocycles. The van der Waals surface area contributed by atoms with Crippen LogP contribution in [0.5, 0.6) is 0 Å². The molecule has 0 fully saturated rings. The monoisotopic (exact) mass is 466 g/mol. The summed E-state index contributed by atoms with van der Waals surface area (Å²) in [5, 5.41) is 0.596. The summed E-state index contributed by atoms with van der Waals surface area (Å²) < 4.78 is 6.13. The van der Waals surface area contributed by atoms with Gasteiger partial charge in [0, 0.05) is 22.2 Å². The summed E-state index contributed by atoms with van der Waals surface area (Å²) in [6.07, 6.45) is 0. The summed E-state index contributed by atoms with van der Waals surface area (Å²) >= 11 is 8.09. The quantitative estimate of drug-likeness (QED) is 0.477. The number of carbonyl (C=O) groups is 2. The van der Waals surface area contributed by atoms with Crippen LogP contribution >= 0.6 is 34.2 Å². The molecule has 0 unspecified atom stereocenters. The highest BCUT2D eigenvalue weighted by Gasteiger charge is 2.23. The standard InChI is InChI=1S/C17H24ClIN2O3/c1-17(2,3)24-15(22)11-21(9-8-20(4)5)16(23)12-6-7-13(18)14(19)10-12/h6-7,10H,8-9,11H2,1-5H3. The minimum Gasteiger partial charge on any atom is -0.459 e. The molecule has 0 radical (unpaired) electrons. The molecule has 0 N–H and O–H groups in total. The lowest BCUT2D eigenvalue weighted by Gasteiger charge is -2.26. The Morgan fingerprint density at radius 3 is 2.33 bits per heavy atom. The van der Waals surface area contributed by atoms with E-state index in [-0.39, 0.29) is 12.5 Å². The maximum atomic E-state index is 12.8. The third-order valence-electron chi connectivity index (χ3n) is 3.01. The van der Waals surface area contributed by atoms with Crippen LogP contribution in [0.4, 0.5) is 0 Å². The highest BCUT2D eigenvalue weighted by Crippen LogP contribution is 2.20. The number of nitrogens with zero attached hydrogens (tertiary/aromatic N) is 2. The predicted molar refractivity (Wildman–Crippen MR) is 104 cm³/mol. The van der Waals surface area contributed by atoms with E-state index < -0.39 is 11.6 Å². The van der Waals surface area contributed by atoms with Crippen molar-refractivity contribution in [1.82, 2.24) is 9.80 Å². The summed E-state index contributed by atoms with van der Waals surface area (Å²) in [7, 11) is 3.84. The van der Waals surface area contributed by atoms with Crippen molar-refractivity contribution in [2.45, 2.75) is 26.4 Å². The van der Waals surface area contributed by atoms with E-state index in [4.69, 9.17) is 16.3 Å². The molecular weight excluding hydrogens is 443 g/mol. The zero-order valence-corrected chi connectivity index (χ0v) is 17.6. The molecule has 0 saturated heterocycles. The first-order valence-electron chi connectivity index (χ1n) is 7.60. The Balaban J connectivity index is 2.92. The van der Waals surface area contributed by atoms with Crippen molar-refractivity contribution in [1.29, 1.82) is 0 Å². The largest absolute Gasteiger partial charge is 0.459 e. The average molecular weight is 467 g/mol. The second kappa shape index (κ2) is 9.01. The summed E-state index contributed by atoms with van der Waals surface area (Å²) in [6, 6.07) is 5.09. The smallest absolute Gasteiger partial charge is 0.326 e. The van der Waals surface area contributed by atoms with E-state index in [1.807, 2.05) is 19.0 Å². The van der Waals surface area contributed by atoms with Gasteiger partial charge in [-0.15, -0.1) is 0 Å². The molecule has 1 aromatic rings. The molecule has 134 valence electrons. The highest BCUT2D eigenvalue weighted by atomic mass is 127. The molecule has 0 aliphatic rings. The molecular formula is C17H24ClIN2O3. The van der Waals surface area contributed by atoms with E-state index in [9.17, 15) is 9.59 Å². The maximum Gasteiger partial charge on any atom is 0.326 e. The summed E-state index contributed by atoms with van der Waals surface area (Å²) in [5.41, 5.74) is -0.0747. The van der Waals surface area contributed by atoms with Gasteiger partial charge in [0.05, 0.1) is 5.02 Å². The topological polar surface area (TPSA) is 49.9 Å². The molecule has 5 nitrogen and oxygen atoms in total. The average Bonchev–Trinajstić information content (AvgIpc) is 2.43. The number of hydrogen-bond acceptors (Lipinski definition) is 4. The maximum absolute atomic E-state index is 12.8. The molecule has 0 saturated carbocycles. The fourth-order valence-corrected chi connectivity index (χ4v) is 2.55. The zero-order valence-electron chi connectivity index (χ0n) is 14.7. The molecule has 0 heterocycles. The van der Waals surface area contributed by atoms with Crippen molar-refractivity contribution in [2.75, 3.05) is 33.7 Å². The van der Waals surface area contributed by atoms with Crippen LogP contribution in [0.3, 0.4) is 0 Å². The van der Waals surface area contributed by atoms with Crippen LogP contribution in [0.25, 0.3) is 0 Å².